The second kappa shape index (κ2) is 6.89. The minimum atomic E-state index is -0.953. The van der Waals surface area contributed by atoms with E-state index in [0.717, 1.165) is 6.42 Å². The standard InChI is InChI=1S/C14H28N2O3/c1-10(2)7-8-15-11(17)9-16-14(5,6)13(3,4)12(18)19/h10,16H,7-9H2,1-6H3,(H,15,17)(H,18,19). The van der Waals surface area contributed by atoms with Gasteiger partial charge in [0.25, 0.3) is 0 Å². The molecular formula is C14H28N2O3. The van der Waals surface area contributed by atoms with Gasteiger partial charge in [-0.15, -0.1) is 0 Å². The molecule has 3 N–H and O–H groups in total. The topological polar surface area (TPSA) is 78.4 Å². The Morgan fingerprint density at radius 1 is 1.16 bits per heavy atom. The van der Waals surface area contributed by atoms with Gasteiger partial charge in [0.15, 0.2) is 0 Å². The second-order valence-corrected chi connectivity index (χ2v) is 6.44. The normalized spacial score (nSPS) is 12.6. The first-order valence-corrected chi connectivity index (χ1v) is 6.76. The molecule has 112 valence electrons. The molecule has 0 fully saturated rings. The molecule has 0 aromatic carbocycles. The van der Waals surface area contributed by atoms with Crippen molar-refractivity contribution in [2.24, 2.45) is 11.3 Å². The van der Waals surface area contributed by atoms with Crippen LogP contribution < -0.4 is 10.6 Å². The van der Waals surface area contributed by atoms with Crippen LogP contribution in [0.4, 0.5) is 0 Å². The average molecular weight is 272 g/mol. The van der Waals surface area contributed by atoms with Crippen LogP contribution in [0.1, 0.15) is 48.0 Å². The summed E-state index contributed by atoms with van der Waals surface area (Å²) < 4.78 is 0. The highest BCUT2D eigenvalue weighted by Crippen LogP contribution is 2.30. The summed E-state index contributed by atoms with van der Waals surface area (Å²) in [6, 6.07) is 0. The highest BCUT2D eigenvalue weighted by Gasteiger charge is 2.43. The zero-order valence-corrected chi connectivity index (χ0v) is 13.0. The number of carbonyl (C=O) groups excluding carboxylic acids is 1. The second-order valence-electron chi connectivity index (χ2n) is 6.44. The van der Waals surface area contributed by atoms with Crippen molar-refractivity contribution < 1.29 is 14.7 Å². The van der Waals surface area contributed by atoms with Crippen molar-refractivity contribution in [1.82, 2.24) is 10.6 Å². The van der Waals surface area contributed by atoms with Crippen LogP contribution in [0.2, 0.25) is 0 Å². The molecule has 5 heteroatoms. The van der Waals surface area contributed by atoms with Gasteiger partial charge in [0, 0.05) is 12.1 Å². The summed E-state index contributed by atoms with van der Waals surface area (Å²) in [6.07, 6.45) is 0.940. The number of hydrogen-bond donors (Lipinski definition) is 3. The van der Waals surface area contributed by atoms with Crippen LogP contribution in [-0.2, 0) is 9.59 Å². The summed E-state index contributed by atoms with van der Waals surface area (Å²) in [4.78, 5) is 22.9. The number of amides is 1. The van der Waals surface area contributed by atoms with Crippen molar-refractivity contribution in [2.45, 2.75) is 53.5 Å². The molecule has 1 amide bonds. The first-order valence-electron chi connectivity index (χ1n) is 6.76. The summed E-state index contributed by atoms with van der Waals surface area (Å²) in [7, 11) is 0. The first-order chi connectivity index (χ1) is 8.50. The number of rotatable bonds is 8. The molecule has 0 rings (SSSR count). The quantitative estimate of drug-likeness (QED) is 0.627. The zero-order valence-electron chi connectivity index (χ0n) is 13.0. The molecule has 0 aromatic rings. The number of nitrogens with one attached hydrogen (secondary N) is 2. The number of aliphatic carboxylic acids is 1. The maximum atomic E-state index is 11.6. The number of hydrogen-bond acceptors (Lipinski definition) is 3. The molecule has 0 aliphatic carbocycles. The highest BCUT2D eigenvalue weighted by molar-refractivity contribution is 5.79. The Morgan fingerprint density at radius 3 is 2.11 bits per heavy atom. The van der Waals surface area contributed by atoms with Crippen molar-refractivity contribution in [1.29, 1.82) is 0 Å². The van der Waals surface area contributed by atoms with Crippen LogP contribution in [0.15, 0.2) is 0 Å². The van der Waals surface area contributed by atoms with E-state index in [1.165, 1.54) is 0 Å². The van der Waals surface area contributed by atoms with E-state index in [9.17, 15) is 14.7 Å². The summed E-state index contributed by atoms with van der Waals surface area (Å²) >= 11 is 0. The fourth-order valence-corrected chi connectivity index (χ4v) is 1.35. The van der Waals surface area contributed by atoms with Gasteiger partial charge in [0.05, 0.1) is 12.0 Å². The molecule has 0 heterocycles. The van der Waals surface area contributed by atoms with Crippen molar-refractivity contribution in [2.75, 3.05) is 13.1 Å². The van der Waals surface area contributed by atoms with E-state index >= 15 is 0 Å². The van der Waals surface area contributed by atoms with E-state index in [-0.39, 0.29) is 12.5 Å². The number of carbonyl (C=O) groups is 2. The molecule has 0 aliphatic heterocycles. The van der Waals surface area contributed by atoms with Gasteiger partial charge in [-0.25, -0.2) is 0 Å². The fraction of sp³-hybridized carbons (Fsp3) is 0.857. The number of carboxylic acids is 1. The van der Waals surface area contributed by atoms with Gasteiger partial charge in [0.1, 0.15) is 0 Å². The van der Waals surface area contributed by atoms with Crippen LogP contribution in [0.3, 0.4) is 0 Å². The van der Waals surface area contributed by atoms with Crippen LogP contribution in [0.25, 0.3) is 0 Å². The zero-order chi connectivity index (χ0) is 15.3. The summed E-state index contributed by atoms with van der Waals surface area (Å²) in [5, 5.41) is 15.0. The molecule has 0 aliphatic rings. The average Bonchev–Trinajstić information content (AvgIpc) is 2.25. The third-order valence-electron chi connectivity index (χ3n) is 3.83. The fourth-order valence-electron chi connectivity index (χ4n) is 1.35. The van der Waals surface area contributed by atoms with Crippen molar-refractivity contribution in [3.63, 3.8) is 0 Å². The van der Waals surface area contributed by atoms with E-state index in [1.54, 1.807) is 27.7 Å². The predicted molar refractivity (Wildman–Crippen MR) is 76.0 cm³/mol. The third kappa shape index (κ3) is 5.59. The molecule has 5 nitrogen and oxygen atoms in total. The van der Waals surface area contributed by atoms with Crippen molar-refractivity contribution in [3.05, 3.63) is 0 Å². The molecule has 19 heavy (non-hydrogen) atoms. The lowest BCUT2D eigenvalue weighted by molar-refractivity contribution is -0.151. The molecule has 0 radical (unpaired) electrons. The molecule has 0 bridgehead atoms. The van der Waals surface area contributed by atoms with Crippen molar-refractivity contribution >= 4 is 11.9 Å². The van der Waals surface area contributed by atoms with E-state index in [1.807, 2.05) is 0 Å². The molecule has 0 saturated carbocycles. The first kappa shape index (κ1) is 17.9. The largest absolute Gasteiger partial charge is 0.481 e. The van der Waals surface area contributed by atoms with E-state index in [4.69, 9.17) is 0 Å². The van der Waals surface area contributed by atoms with Gasteiger partial charge in [-0.1, -0.05) is 13.8 Å². The molecule has 0 spiro atoms. The van der Waals surface area contributed by atoms with E-state index in [2.05, 4.69) is 24.5 Å². The maximum absolute atomic E-state index is 11.6. The van der Waals surface area contributed by atoms with Gasteiger partial charge in [0.2, 0.25) is 5.91 Å². The lowest BCUT2D eigenvalue weighted by atomic mass is 9.74. The Balaban J connectivity index is 4.24. The van der Waals surface area contributed by atoms with Crippen molar-refractivity contribution in [3.8, 4) is 0 Å². The van der Waals surface area contributed by atoms with Gasteiger partial charge in [-0.2, -0.15) is 0 Å². The Kier molecular flexibility index (Phi) is 6.49. The Hall–Kier alpha value is -1.10. The number of carboxylic acid groups (broad SMARTS) is 1. The minimum Gasteiger partial charge on any atom is -0.481 e. The SMILES string of the molecule is CC(C)CCNC(=O)CNC(C)(C)C(C)(C)C(=O)O. The molecule has 0 unspecified atom stereocenters. The summed E-state index contributed by atoms with van der Waals surface area (Å²) in [5.74, 6) is -0.434. The predicted octanol–water partition coefficient (Wildman–Crippen LogP) is 1.63. The molecular weight excluding hydrogens is 244 g/mol. The van der Waals surface area contributed by atoms with Crippen LogP contribution >= 0.6 is 0 Å². The smallest absolute Gasteiger partial charge is 0.310 e. The molecule has 0 aromatic heterocycles. The van der Waals surface area contributed by atoms with Gasteiger partial charge >= 0.3 is 5.97 Å². The van der Waals surface area contributed by atoms with E-state index in [0.29, 0.717) is 12.5 Å². The lowest BCUT2D eigenvalue weighted by Gasteiger charge is -2.38. The van der Waals surface area contributed by atoms with E-state index < -0.39 is 16.9 Å². The van der Waals surface area contributed by atoms with Crippen LogP contribution in [0, 0.1) is 11.3 Å². The monoisotopic (exact) mass is 272 g/mol. The van der Waals surface area contributed by atoms with Crippen LogP contribution in [-0.4, -0.2) is 35.6 Å². The third-order valence-corrected chi connectivity index (χ3v) is 3.83. The summed E-state index contributed by atoms with van der Waals surface area (Å²) in [6.45, 7) is 11.9. The minimum absolute atomic E-state index is 0.102. The lowest BCUT2D eigenvalue weighted by Crippen LogP contribution is -2.57. The van der Waals surface area contributed by atoms with Crippen LogP contribution in [0.5, 0.6) is 0 Å². The van der Waals surface area contributed by atoms with Gasteiger partial charge in [-0.05, 0) is 40.0 Å². The Morgan fingerprint density at radius 2 is 1.68 bits per heavy atom. The maximum Gasteiger partial charge on any atom is 0.310 e. The van der Waals surface area contributed by atoms with Gasteiger partial charge in [-0.3, -0.25) is 9.59 Å². The molecule has 0 saturated heterocycles. The Bertz CT molecular complexity index is 323. The molecule has 0 atom stereocenters. The van der Waals surface area contributed by atoms with Gasteiger partial charge < -0.3 is 15.7 Å². The Labute approximate surface area is 116 Å². The summed E-state index contributed by atoms with van der Waals surface area (Å²) in [5.41, 5.74) is -1.63. The highest BCUT2D eigenvalue weighted by atomic mass is 16.4.